The molecule has 3 heteroatoms. The molecule has 106 valence electrons. The molecular weight excluding hydrogens is 314 g/mol. The van der Waals surface area contributed by atoms with Gasteiger partial charge >= 0.3 is 0 Å². The van der Waals surface area contributed by atoms with Crippen molar-refractivity contribution in [2.24, 2.45) is 5.73 Å². The fourth-order valence-corrected chi connectivity index (χ4v) is 2.64. The molecule has 0 aliphatic heterocycles. The van der Waals surface area contributed by atoms with Crippen molar-refractivity contribution >= 4 is 15.9 Å². The standard InChI is InChI=1S/C17H20BrNO/c1-20-16-10-7-13(8-11-16)6-9-15(19)12-14-4-2-3-5-17(14)18/h2-5,7-8,10-11,15H,6,9,12,19H2,1H3. The van der Waals surface area contributed by atoms with E-state index in [1.165, 1.54) is 11.1 Å². The molecule has 20 heavy (non-hydrogen) atoms. The third-order valence-corrected chi connectivity index (χ3v) is 4.18. The molecule has 0 saturated heterocycles. The minimum Gasteiger partial charge on any atom is -0.497 e. The number of halogens is 1. The fraction of sp³-hybridized carbons (Fsp3) is 0.294. The Morgan fingerprint density at radius 1 is 1.10 bits per heavy atom. The molecule has 0 aliphatic carbocycles. The van der Waals surface area contributed by atoms with Gasteiger partial charge in [0.2, 0.25) is 0 Å². The van der Waals surface area contributed by atoms with Gasteiger partial charge in [0.05, 0.1) is 7.11 Å². The molecule has 0 amide bonds. The molecule has 2 nitrogen and oxygen atoms in total. The second-order valence-electron chi connectivity index (χ2n) is 4.94. The number of methoxy groups -OCH3 is 1. The molecule has 1 unspecified atom stereocenters. The number of ether oxygens (including phenoxy) is 1. The van der Waals surface area contributed by atoms with E-state index in [0.717, 1.165) is 29.5 Å². The maximum absolute atomic E-state index is 6.23. The van der Waals surface area contributed by atoms with Crippen LogP contribution in [0.25, 0.3) is 0 Å². The van der Waals surface area contributed by atoms with Crippen LogP contribution in [0.1, 0.15) is 17.5 Å². The molecule has 0 saturated carbocycles. The maximum Gasteiger partial charge on any atom is 0.118 e. The third-order valence-electron chi connectivity index (χ3n) is 3.40. The molecule has 0 heterocycles. The summed E-state index contributed by atoms with van der Waals surface area (Å²) in [7, 11) is 1.68. The van der Waals surface area contributed by atoms with Crippen LogP contribution < -0.4 is 10.5 Å². The zero-order chi connectivity index (χ0) is 14.4. The van der Waals surface area contributed by atoms with E-state index in [0.29, 0.717) is 0 Å². The highest BCUT2D eigenvalue weighted by atomic mass is 79.9. The van der Waals surface area contributed by atoms with Crippen molar-refractivity contribution in [2.75, 3.05) is 7.11 Å². The number of aryl methyl sites for hydroxylation is 1. The van der Waals surface area contributed by atoms with Gasteiger partial charge in [-0.2, -0.15) is 0 Å². The number of benzene rings is 2. The molecule has 2 aromatic rings. The highest BCUT2D eigenvalue weighted by Gasteiger charge is 2.07. The van der Waals surface area contributed by atoms with Crippen molar-refractivity contribution in [1.29, 1.82) is 0 Å². The van der Waals surface area contributed by atoms with E-state index in [4.69, 9.17) is 10.5 Å². The summed E-state index contributed by atoms with van der Waals surface area (Å²) < 4.78 is 6.30. The number of nitrogens with two attached hydrogens (primary N) is 1. The largest absolute Gasteiger partial charge is 0.497 e. The molecule has 1 atom stereocenters. The summed E-state index contributed by atoms with van der Waals surface area (Å²) in [6.45, 7) is 0. The van der Waals surface area contributed by atoms with Gasteiger partial charge < -0.3 is 10.5 Å². The smallest absolute Gasteiger partial charge is 0.118 e. The Labute approximate surface area is 129 Å². The van der Waals surface area contributed by atoms with Gasteiger partial charge in [-0.3, -0.25) is 0 Å². The Kier molecular flexibility index (Phi) is 5.62. The van der Waals surface area contributed by atoms with Crippen molar-refractivity contribution in [1.82, 2.24) is 0 Å². The molecule has 2 rings (SSSR count). The Hall–Kier alpha value is -1.32. The van der Waals surface area contributed by atoms with Crippen molar-refractivity contribution in [2.45, 2.75) is 25.3 Å². The Morgan fingerprint density at radius 2 is 1.80 bits per heavy atom. The third kappa shape index (κ3) is 4.36. The maximum atomic E-state index is 6.23. The van der Waals surface area contributed by atoms with Crippen LogP contribution >= 0.6 is 15.9 Å². The first-order valence-corrected chi connectivity index (χ1v) is 7.60. The van der Waals surface area contributed by atoms with E-state index in [2.05, 4.69) is 46.3 Å². The van der Waals surface area contributed by atoms with Crippen LogP contribution in [-0.2, 0) is 12.8 Å². The van der Waals surface area contributed by atoms with Crippen LogP contribution in [0, 0.1) is 0 Å². The lowest BCUT2D eigenvalue weighted by atomic mass is 10.00. The summed E-state index contributed by atoms with van der Waals surface area (Å²) >= 11 is 3.57. The lowest BCUT2D eigenvalue weighted by molar-refractivity contribution is 0.414. The van der Waals surface area contributed by atoms with Gasteiger partial charge in [-0.15, -0.1) is 0 Å². The van der Waals surface area contributed by atoms with E-state index >= 15 is 0 Å². The molecule has 2 aromatic carbocycles. The summed E-state index contributed by atoms with van der Waals surface area (Å²) in [6.07, 6.45) is 2.88. The van der Waals surface area contributed by atoms with Crippen LogP contribution in [-0.4, -0.2) is 13.2 Å². The molecule has 0 aromatic heterocycles. The number of hydrogen-bond acceptors (Lipinski definition) is 2. The summed E-state index contributed by atoms with van der Waals surface area (Å²) in [4.78, 5) is 0. The van der Waals surface area contributed by atoms with E-state index < -0.39 is 0 Å². The van der Waals surface area contributed by atoms with Crippen molar-refractivity contribution in [3.63, 3.8) is 0 Å². The highest BCUT2D eigenvalue weighted by molar-refractivity contribution is 9.10. The fourth-order valence-electron chi connectivity index (χ4n) is 2.19. The van der Waals surface area contributed by atoms with Gasteiger partial charge in [-0.1, -0.05) is 46.3 Å². The zero-order valence-corrected chi connectivity index (χ0v) is 13.3. The topological polar surface area (TPSA) is 35.2 Å². The Morgan fingerprint density at radius 3 is 2.45 bits per heavy atom. The summed E-state index contributed by atoms with van der Waals surface area (Å²) in [5, 5.41) is 0. The predicted molar refractivity (Wildman–Crippen MR) is 87.1 cm³/mol. The summed E-state index contributed by atoms with van der Waals surface area (Å²) in [5.41, 5.74) is 8.81. The first kappa shape index (κ1) is 15.1. The minimum atomic E-state index is 0.177. The average molecular weight is 334 g/mol. The summed E-state index contributed by atoms with van der Waals surface area (Å²) in [6, 6.07) is 16.6. The van der Waals surface area contributed by atoms with Gasteiger partial charge in [0.15, 0.2) is 0 Å². The van der Waals surface area contributed by atoms with Gasteiger partial charge in [0.1, 0.15) is 5.75 Å². The Bertz CT molecular complexity index is 539. The second kappa shape index (κ2) is 7.46. The lowest BCUT2D eigenvalue weighted by Gasteiger charge is -2.13. The summed E-state index contributed by atoms with van der Waals surface area (Å²) in [5.74, 6) is 0.895. The van der Waals surface area contributed by atoms with E-state index in [-0.39, 0.29) is 6.04 Å². The van der Waals surface area contributed by atoms with Crippen molar-refractivity contribution in [3.05, 3.63) is 64.1 Å². The van der Waals surface area contributed by atoms with Crippen LogP contribution in [0.3, 0.4) is 0 Å². The van der Waals surface area contributed by atoms with Gasteiger partial charge in [-0.25, -0.2) is 0 Å². The number of hydrogen-bond donors (Lipinski definition) is 1. The predicted octanol–water partition coefficient (Wildman–Crippen LogP) is 3.96. The Balaban J connectivity index is 1.85. The highest BCUT2D eigenvalue weighted by Crippen LogP contribution is 2.19. The second-order valence-corrected chi connectivity index (χ2v) is 5.80. The molecule has 2 N–H and O–H groups in total. The molecule has 0 fully saturated rings. The van der Waals surface area contributed by atoms with Crippen LogP contribution in [0.4, 0.5) is 0 Å². The lowest BCUT2D eigenvalue weighted by Crippen LogP contribution is -2.23. The number of rotatable bonds is 6. The van der Waals surface area contributed by atoms with E-state index in [1.54, 1.807) is 7.11 Å². The van der Waals surface area contributed by atoms with Crippen LogP contribution in [0.5, 0.6) is 5.75 Å². The van der Waals surface area contributed by atoms with Crippen LogP contribution in [0.15, 0.2) is 53.0 Å². The first-order chi connectivity index (χ1) is 9.69. The van der Waals surface area contributed by atoms with Gasteiger partial charge in [-0.05, 0) is 48.6 Å². The monoisotopic (exact) mass is 333 g/mol. The molecule has 0 bridgehead atoms. The molecular formula is C17H20BrNO. The van der Waals surface area contributed by atoms with Gasteiger partial charge in [0, 0.05) is 10.5 Å². The minimum absolute atomic E-state index is 0.177. The molecule has 0 aliphatic rings. The first-order valence-electron chi connectivity index (χ1n) is 6.81. The normalized spacial score (nSPS) is 12.2. The van der Waals surface area contributed by atoms with Crippen molar-refractivity contribution < 1.29 is 4.74 Å². The van der Waals surface area contributed by atoms with E-state index in [1.807, 2.05) is 18.2 Å². The SMILES string of the molecule is COc1ccc(CCC(N)Cc2ccccc2Br)cc1. The molecule has 0 radical (unpaired) electrons. The zero-order valence-electron chi connectivity index (χ0n) is 11.7. The van der Waals surface area contributed by atoms with E-state index in [9.17, 15) is 0 Å². The van der Waals surface area contributed by atoms with Crippen molar-refractivity contribution in [3.8, 4) is 5.75 Å². The van der Waals surface area contributed by atoms with Gasteiger partial charge in [0.25, 0.3) is 0 Å². The quantitative estimate of drug-likeness (QED) is 0.868. The van der Waals surface area contributed by atoms with Crippen LogP contribution in [0.2, 0.25) is 0 Å². The average Bonchev–Trinajstić information content (AvgIpc) is 2.48. The molecule has 0 spiro atoms.